The fourth-order valence-corrected chi connectivity index (χ4v) is 3.90. The standard InChI is InChI=1S/C23H20N4O6/c28-18(13-27-21(29)14-5-1-3-7-16(14)24-23(27)31)25-19-15-6-2-4-8-17(15)33-20(19)22(30)26-9-11-32-12-10-26/h1-8H,9-13H2,(H,24,31)(H,25,28). The predicted octanol–water partition coefficient (Wildman–Crippen LogP) is 1.55. The summed E-state index contributed by atoms with van der Waals surface area (Å²) in [5, 5.41) is 3.52. The molecule has 0 radical (unpaired) electrons. The van der Waals surface area contributed by atoms with Crippen LogP contribution in [0.15, 0.2) is 62.5 Å². The van der Waals surface area contributed by atoms with E-state index >= 15 is 0 Å². The summed E-state index contributed by atoms with van der Waals surface area (Å²) in [6.45, 7) is 1.13. The summed E-state index contributed by atoms with van der Waals surface area (Å²) in [4.78, 5) is 55.4. The Labute approximate surface area is 186 Å². The van der Waals surface area contributed by atoms with E-state index < -0.39 is 23.7 Å². The Morgan fingerprint density at radius 2 is 1.67 bits per heavy atom. The van der Waals surface area contributed by atoms with Crippen molar-refractivity contribution >= 4 is 39.4 Å². The summed E-state index contributed by atoms with van der Waals surface area (Å²) >= 11 is 0. The molecule has 2 aromatic heterocycles. The Hall–Kier alpha value is -4.18. The number of aromatic nitrogens is 2. The van der Waals surface area contributed by atoms with Gasteiger partial charge in [0.1, 0.15) is 17.8 Å². The number of rotatable bonds is 4. The maximum atomic E-state index is 13.1. The van der Waals surface area contributed by atoms with Crippen molar-refractivity contribution in [1.29, 1.82) is 0 Å². The highest BCUT2D eigenvalue weighted by Crippen LogP contribution is 2.32. The number of nitrogens with one attached hydrogen (secondary N) is 2. The van der Waals surface area contributed by atoms with Crippen molar-refractivity contribution in [3.05, 3.63) is 75.1 Å². The zero-order valence-electron chi connectivity index (χ0n) is 17.5. The molecule has 33 heavy (non-hydrogen) atoms. The zero-order valence-corrected chi connectivity index (χ0v) is 17.5. The molecule has 168 valence electrons. The van der Waals surface area contributed by atoms with E-state index in [4.69, 9.17) is 9.15 Å². The van der Waals surface area contributed by atoms with E-state index in [0.717, 1.165) is 4.57 Å². The van der Waals surface area contributed by atoms with Gasteiger partial charge in [-0.3, -0.25) is 19.0 Å². The van der Waals surface area contributed by atoms with Gasteiger partial charge in [-0.2, -0.15) is 0 Å². The number of nitrogens with zero attached hydrogens (tertiary/aromatic N) is 2. The smallest absolute Gasteiger partial charge is 0.329 e. The first-order valence-electron chi connectivity index (χ1n) is 10.4. The number of morpholine rings is 1. The molecule has 4 aromatic rings. The van der Waals surface area contributed by atoms with E-state index in [2.05, 4.69) is 10.3 Å². The molecular weight excluding hydrogens is 428 g/mol. The van der Waals surface area contributed by atoms with Crippen LogP contribution in [-0.4, -0.2) is 52.6 Å². The fourth-order valence-electron chi connectivity index (χ4n) is 3.90. The number of anilines is 1. The van der Waals surface area contributed by atoms with Gasteiger partial charge in [0.15, 0.2) is 0 Å². The number of furan rings is 1. The third-order valence-electron chi connectivity index (χ3n) is 5.54. The van der Waals surface area contributed by atoms with Gasteiger partial charge >= 0.3 is 5.69 Å². The molecule has 0 bridgehead atoms. The molecule has 1 aliphatic rings. The molecular formula is C23H20N4O6. The van der Waals surface area contributed by atoms with Crippen molar-refractivity contribution in [1.82, 2.24) is 14.5 Å². The van der Waals surface area contributed by atoms with Crippen LogP contribution in [0.1, 0.15) is 10.6 Å². The molecule has 0 spiro atoms. The van der Waals surface area contributed by atoms with Gasteiger partial charge in [-0.05, 0) is 24.3 Å². The first kappa shape index (κ1) is 20.7. The second-order valence-corrected chi connectivity index (χ2v) is 7.62. The lowest BCUT2D eigenvalue weighted by molar-refractivity contribution is -0.116. The number of H-pyrrole nitrogens is 1. The normalized spacial score (nSPS) is 14.0. The summed E-state index contributed by atoms with van der Waals surface area (Å²) in [5.74, 6) is -1.02. The molecule has 2 aromatic carbocycles. The number of carbonyl (C=O) groups is 2. The first-order valence-corrected chi connectivity index (χ1v) is 10.4. The number of fused-ring (bicyclic) bond motifs is 2. The van der Waals surface area contributed by atoms with Crippen LogP contribution < -0.4 is 16.6 Å². The lowest BCUT2D eigenvalue weighted by atomic mass is 10.2. The molecule has 2 N–H and O–H groups in total. The average Bonchev–Trinajstić information content (AvgIpc) is 3.20. The highest BCUT2D eigenvalue weighted by atomic mass is 16.5. The van der Waals surface area contributed by atoms with E-state index in [-0.39, 0.29) is 17.4 Å². The highest BCUT2D eigenvalue weighted by molar-refractivity contribution is 6.10. The number of aromatic amines is 1. The molecule has 0 unspecified atom stereocenters. The van der Waals surface area contributed by atoms with Crippen molar-refractivity contribution in [2.24, 2.45) is 0 Å². The van der Waals surface area contributed by atoms with Crippen LogP contribution in [0.3, 0.4) is 0 Å². The highest BCUT2D eigenvalue weighted by Gasteiger charge is 2.27. The van der Waals surface area contributed by atoms with E-state index in [0.29, 0.717) is 48.2 Å². The molecule has 0 saturated carbocycles. The second kappa shape index (κ2) is 8.40. The van der Waals surface area contributed by atoms with E-state index in [1.54, 1.807) is 53.4 Å². The molecule has 5 rings (SSSR count). The maximum Gasteiger partial charge on any atom is 0.329 e. The maximum absolute atomic E-state index is 13.1. The van der Waals surface area contributed by atoms with Crippen molar-refractivity contribution in [3.63, 3.8) is 0 Å². The molecule has 2 amide bonds. The molecule has 1 fully saturated rings. The number of carbonyl (C=O) groups excluding carboxylic acids is 2. The summed E-state index contributed by atoms with van der Waals surface area (Å²) in [6.07, 6.45) is 0. The van der Waals surface area contributed by atoms with Crippen molar-refractivity contribution in [3.8, 4) is 0 Å². The fraction of sp³-hybridized carbons (Fsp3) is 0.217. The van der Waals surface area contributed by atoms with E-state index in [1.807, 2.05) is 0 Å². The molecule has 1 aliphatic heterocycles. The Balaban J connectivity index is 1.49. The second-order valence-electron chi connectivity index (χ2n) is 7.62. The van der Waals surface area contributed by atoms with Gasteiger partial charge in [0.2, 0.25) is 11.7 Å². The van der Waals surface area contributed by atoms with Gasteiger partial charge in [-0.15, -0.1) is 0 Å². The third kappa shape index (κ3) is 3.80. The van der Waals surface area contributed by atoms with Crippen molar-refractivity contribution < 1.29 is 18.7 Å². The number of benzene rings is 2. The Kier molecular flexibility index (Phi) is 5.27. The predicted molar refractivity (Wildman–Crippen MR) is 120 cm³/mol. The largest absolute Gasteiger partial charge is 0.449 e. The van der Waals surface area contributed by atoms with Crippen LogP contribution in [0.5, 0.6) is 0 Å². The van der Waals surface area contributed by atoms with Gasteiger partial charge in [0.05, 0.1) is 24.1 Å². The van der Waals surface area contributed by atoms with Crippen LogP contribution in [0.2, 0.25) is 0 Å². The van der Waals surface area contributed by atoms with Gasteiger partial charge in [-0.25, -0.2) is 4.79 Å². The SMILES string of the molecule is O=C(Cn1c(=O)[nH]c2ccccc2c1=O)Nc1c(C(=O)N2CCOCC2)oc2ccccc12. The molecule has 0 aliphatic carbocycles. The summed E-state index contributed by atoms with van der Waals surface area (Å²) in [5.41, 5.74) is -0.243. The molecule has 0 atom stereocenters. The van der Waals surface area contributed by atoms with E-state index in [9.17, 15) is 19.2 Å². The molecule has 1 saturated heterocycles. The number of ether oxygens (including phenoxy) is 1. The van der Waals surface area contributed by atoms with Crippen LogP contribution in [0.25, 0.3) is 21.9 Å². The lowest BCUT2D eigenvalue weighted by Crippen LogP contribution is -2.41. The quantitative estimate of drug-likeness (QED) is 0.488. The minimum Gasteiger partial charge on any atom is -0.449 e. The zero-order chi connectivity index (χ0) is 22.9. The monoisotopic (exact) mass is 448 g/mol. The first-order chi connectivity index (χ1) is 16.0. The molecule has 3 heterocycles. The Morgan fingerprint density at radius 1 is 0.970 bits per heavy atom. The average molecular weight is 448 g/mol. The minimum atomic E-state index is -0.699. The van der Waals surface area contributed by atoms with Crippen molar-refractivity contribution in [2.75, 3.05) is 31.6 Å². The van der Waals surface area contributed by atoms with E-state index in [1.165, 1.54) is 0 Å². The van der Waals surface area contributed by atoms with Crippen LogP contribution in [0.4, 0.5) is 5.69 Å². The number of hydrogen-bond donors (Lipinski definition) is 2. The van der Waals surface area contributed by atoms with Gasteiger partial charge < -0.3 is 24.4 Å². The summed E-state index contributed by atoms with van der Waals surface area (Å²) in [7, 11) is 0. The Morgan fingerprint density at radius 3 is 2.45 bits per heavy atom. The molecule has 10 heteroatoms. The van der Waals surface area contributed by atoms with Crippen molar-refractivity contribution in [2.45, 2.75) is 6.54 Å². The third-order valence-corrected chi connectivity index (χ3v) is 5.54. The number of hydrogen-bond acceptors (Lipinski definition) is 6. The lowest BCUT2D eigenvalue weighted by Gasteiger charge is -2.26. The minimum absolute atomic E-state index is 0.00813. The topological polar surface area (TPSA) is 127 Å². The van der Waals surface area contributed by atoms with Crippen LogP contribution >= 0.6 is 0 Å². The summed E-state index contributed by atoms with van der Waals surface area (Å²) in [6, 6.07) is 13.5. The number of amides is 2. The number of para-hydroxylation sites is 2. The van der Waals surface area contributed by atoms with Crippen LogP contribution in [0, 0.1) is 0 Å². The van der Waals surface area contributed by atoms with Gasteiger partial charge in [0.25, 0.3) is 11.5 Å². The summed E-state index contributed by atoms with van der Waals surface area (Å²) < 4.78 is 11.9. The molecule has 10 nitrogen and oxygen atoms in total. The Bertz CT molecular complexity index is 1490. The van der Waals surface area contributed by atoms with Crippen LogP contribution in [-0.2, 0) is 16.1 Å². The van der Waals surface area contributed by atoms with Gasteiger partial charge in [-0.1, -0.05) is 24.3 Å². The van der Waals surface area contributed by atoms with Gasteiger partial charge in [0, 0.05) is 18.5 Å².